The maximum Gasteiger partial charge on any atom is 0.222 e. The number of nitrogens with zero attached hydrogens (tertiary/aromatic N) is 5. The number of thioether (sulfide) groups is 1. The van der Waals surface area contributed by atoms with Crippen molar-refractivity contribution in [3.8, 4) is 0 Å². The van der Waals surface area contributed by atoms with Gasteiger partial charge >= 0.3 is 0 Å². The lowest BCUT2D eigenvalue weighted by molar-refractivity contribution is 0.765. The molecular weight excluding hydrogens is 248 g/mol. The minimum Gasteiger partial charge on any atom is -0.354 e. The fourth-order valence-electron chi connectivity index (χ4n) is 1.37. The molecule has 6 nitrogen and oxygen atoms in total. The molecule has 0 saturated heterocycles. The summed E-state index contributed by atoms with van der Waals surface area (Å²) in [7, 11) is 1.96. The summed E-state index contributed by atoms with van der Waals surface area (Å²) in [5.41, 5.74) is 0.978. The molecule has 2 aromatic rings. The van der Waals surface area contributed by atoms with E-state index < -0.39 is 0 Å². The van der Waals surface area contributed by atoms with Crippen molar-refractivity contribution in [1.82, 2.24) is 24.7 Å². The molecule has 0 unspecified atom stereocenters. The molecular formula is C11H16N6S. The highest BCUT2D eigenvalue weighted by atomic mass is 32.2. The van der Waals surface area contributed by atoms with Crippen molar-refractivity contribution in [3.05, 3.63) is 23.8 Å². The van der Waals surface area contributed by atoms with Crippen molar-refractivity contribution in [2.45, 2.75) is 24.8 Å². The molecule has 0 spiro atoms. The molecule has 0 atom stereocenters. The third-order valence-corrected chi connectivity index (χ3v) is 3.50. The largest absolute Gasteiger partial charge is 0.354 e. The van der Waals surface area contributed by atoms with E-state index in [1.165, 1.54) is 0 Å². The Bertz CT molecular complexity index is 524. The molecule has 96 valence electrons. The summed E-state index contributed by atoms with van der Waals surface area (Å²) in [5.74, 6) is 2.34. The van der Waals surface area contributed by atoms with Crippen molar-refractivity contribution in [1.29, 1.82) is 0 Å². The molecule has 1 N–H and O–H groups in total. The van der Waals surface area contributed by atoms with Gasteiger partial charge in [-0.25, -0.2) is 9.97 Å². The van der Waals surface area contributed by atoms with Crippen LogP contribution in [-0.2, 0) is 12.8 Å². The standard InChI is InChI=1S/C11H16N6S/c1-4-12-10-13-6-5-9(14-10)7-18-11-16-15-8(2)17(11)3/h5-6H,4,7H2,1-3H3,(H,12,13,14). The highest BCUT2D eigenvalue weighted by Crippen LogP contribution is 2.19. The first-order valence-electron chi connectivity index (χ1n) is 5.75. The lowest BCUT2D eigenvalue weighted by Gasteiger charge is -2.04. The summed E-state index contributed by atoms with van der Waals surface area (Å²) in [6, 6.07) is 1.91. The molecule has 2 heterocycles. The van der Waals surface area contributed by atoms with Crippen molar-refractivity contribution in [2.24, 2.45) is 7.05 Å². The molecule has 7 heteroatoms. The molecule has 0 amide bonds. The highest BCUT2D eigenvalue weighted by molar-refractivity contribution is 7.98. The van der Waals surface area contributed by atoms with E-state index in [-0.39, 0.29) is 0 Å². The van der Waals surface area contributed by atoms with Crippen LogP contribution in [-0.4, -0.2) is 31.3 Å². The van der Waals surface area contributed by atoms with E-state index in [4.69, 9.17) is 0 Å². The number of hydrogen-bond acceptors (Lipinski definition) is 6. The van der Waals surface area contributed by atoms with Crippen LogP contribution in [0.3, 0.4) is 0 Å². The van der Waals surface area contributed by atoms with Crippen LogP contribution < -0.4 is 5.32 Å². The van der Waals surface area contributed by atoms with Gasteiger partial charge in [-0.15, -0.1) is 10.2 Å². The Labute approximate surface area is 110 Å². The molecule has 0 saturated carbocycles. The molecule has 0 fully saturated rings. The first kappa shape index (κ1) is 12.8. The van der Waals surface area contributed by atoms with Crippen LogP contribution in [0.15, 0.2) is 17.4 Å². The average Bonchev–Trinajstić information content (AvgIpc) is 2.69. The normalized spacial score (nSPS) is 10.6. The smallest absolute Gasteiger partial charge is 0.222 e. The van der Waals surface area contributed by atoms with Crippen LogP contribution in [0, 0.1) is 6.92 Å². The van der Waals surface area contributed by atoms with E-state index in [1.54, 1.807) is 18.0 Å². The summed E-state index contributed by atoms with van der Waals surface area (Å²) < 4.78 is 1.97. The van der Waals surface area contributed by atoms with Crippen molar-refractivity contribution in [2.75, 3.05) is 11.9 Å². The van der Waals surface area contributed by atoms with Gasteiger partial charge in [0.05, 0.1) is 5.69 Å². The van der Waals surface area contributed by atoms with E-state index >= 15 is 0 Å². The zero-order chi connectivity index (χ0) is 13.0. The zero-order valence-electron chi connectivity index (χ0n) is 10.7. The molecule has 0 bridgehead atoms. The van der Waals surface area contributed by atoms with Gasteiger partial charge in [-0.3, -0.25) is 0 Å². The van der Waals surface area contributed by atoms with Crippen LogP contribution in [0.25, 0.3) is 0 Å². The Morgan fingerprint density at radius 3 is 2.89 bits per heavy atom. The summed E-state index contributed by atoms with van der Waals surface area (Å²) in [6.45, 7) is 4.78. The first-order chi connectivity index (χ1) is 8.70. The monoisotopic (exact) mass is 264 g/mol. The Balaban J connectivity index is 2.01. The molecule has 0 aliphatic rings. The van der Waals surface area contributed by atoms with Gasteiger partial charge in [0.1, 0.15) is 5.82 Å². The topological polar surface area (TPSA) is 68.5 Å². The molecule has 0 aliphatic heterocycles. The summed E-state index contributed by atoms with van der Waals surface area (Å²) in [4.78, 5) is 8.55. The van der Waals surface area contributed by atoms with Crippen LogP contribution in [0.1, 0.15) is 18.4 Å². The minimum absolute atomic E-state index is 0.671. The van der Waals surface area contributed by atoms with E-state index in [2.05, 4.69) is 25.5 Å². The van der Waals surface area contributed by atoms with Gasteiger partial charge in [0.25, 0.3) is 0 Å². The number of aryl methyl sites for hydroxylation is 1. The van der Waals surface area contributed by atoms with Gasteiger partial charge in [0, 0.05) is 25.5 Å². The van der Waals surface area contributed by atoms with E-state index in [9.17, 15) is 0 Å². The molecule has 18 heavy (non-hydrogen) atoms. The minimum atomic E-state index is 0.671. The summed E-state index contributed by atoms with van der Waals surface area (Å²) in [6.07, 6.45) is 1.77. The van der Waals surface area contributed by atoms with Crippen LogP contribution >= 0.6 is 11.8 Å². The van der Waals surface area contributed by atoms with E-state index in [0.29, 0.717) is 5.95 Å². The predicted molar refractivity (Wildman–Crippen MR) is 71.5 cm³/mol. The second kappa shape index (κ2) is 5.81. The van der Waals surface area contributed by atoms with E-state index in [1.807, 2.05) is 31.5 Å². The number of anilines is 1. The Kier molecular flexibility index (Phi) is 4.14. The highest BCUT2D eigenvalue weighted by Gasteiger charge is 2.06. The van der Waals surface area contributed by atoms with Crippen molar-refractivity contribution in [3.63, 3.8) is 0 Å². The fourth-order valence-corrected chi connectivity index (χ4v) is 2.23. The molecule has 0 aliphatic carbocycles. The number of rotatable bonds is 5. The van der Waals surface area contributed by atoms with Gasteiger partial charge in [-0.1, -0.05) is 11.8 Å². The Hall–Kier alpha value is -1.63. The zero-order valence-corrected chi connectivity index (χ0v) is 11.5. The van der Waals surface area contributed by atoms with Crippen LogP contribution in [0.2, 0.25) is 0 Å². The summed E-state index contributed by atoms with van der Waals surface area (Å²) >= 11 is 1.62. The van der Waals surface area contributed by atoms with E-state index in [0.717, 1.165) is 29.0 Å². The number of hydrogen-bond donors (Lipinski definition) is 1. The van der Waals surface area contributed by atoms with Crippen LogP contribution in [0.4, 0.5) is 5.95 Å². The average molecular weight is 264 g/mol. The van der Waals surface area contributed by atoms with Gasteiger partial charge in [0.2, 0.25) is 5.95 Å². The third-order valence-electron chi connectivity index (χ3n) is 2.45. The quantitative estimate of drug-likeness (QED) is 0.828. The molecule has 0 aromatic carbocycles. The molecule has 2 rings (SSSR count). The van der Waals surface area contributed by atoms with Crippen molar-refractivity contribution >= 4 is 17.7 Å². The van der Waals surface area contributed by atoms with Gasteiger partial charge in [0.15, 0.2) is 5.16 Å². The number of aromatic nitrogens is 5. The second-order valence-corrected chi connectivity index (χ2v) is 4.72. The maximum atomic E-state index is 4.41. The third kappa shape index (κ3) is 2.98. The van der Waals surface area contributed by atoms with Crippen LogP contribution in [0.5, 0.6) is 0 Å². The predicted octanol–water partition coefficient (Wildman–Crippen LogP) is 1.64. The maximum absolute atomic E-state index is 4.41. The van der Waals surface area contributed by atoms with Gasteiger partial charge in [-0.05, 0) is 19.9 Å². The second-order valence-electron chi connectivity index (χ2n) is 3.78. The van der Waals surface area contributed by atoms with Gasteiger partial charge < -0.3 is 9.88 Å². The fraction of sp³-hybridized carbons (Fsp3) is 0.455. The van der Waals surface area contributed by atoms with Crippen molar-refractivity contribution < 1.29 is 0 Å². The Morgan fingerprint density at radius 1 is 1.39 bits per heavy atom. The number of nitrogens with one attached hydrogen (secondary N) is 1. The lowest BCUT2D eigenvalue weighted by Crippen LogP contribution is -2.03. The SMILES string of the molecule is CCNc1nccc(CSc2nnc(C)n2C)n1. The molecule has 0 radical (unpaired) electrons. The molecule has 2 aromatic heterocycles. The Morgan fingerprint density at radius 2 is 2.22 bits per heavy atom. The summed E-state index contributed by atoms with van der Waals surface area (Å²) in [5, 5.41) is 12.1. The lowest BCUT2D eigenvalue weighted by atomic mass is 10.4. The van der Waals surface area contributed by atoms with Gasteiger partial charge in [-0.2, -0.15) is 0 Å². The first-order valence-corrected chi connectivity index (χ1v) is 6.74.